The van der Waals surface area contributed by atoms with Crippen LogP contribution in [0.2, 0.25) is 0 Å². The number of hydrogen-bond acceptors (Lipinski definition) is 5. The lowest BCUT2D eigenvalue weighted by atomic mass is 10.2. The maximum Gasteiger partial charge on any atom is 0.329 e. The van der Waals surface area contributed by atoms with E-state index in [1.807, 2.05) is 5.48 Å². The average Bonchev–Trinajstić information content (AvgIpc) is 2.26. The molecule has 16 heavy (non-hydrogen) atoms. The number of nitrogens with one attached hydrogen (secondary N) is 1. The molecule has 0 aliphatic rings. The van der Waals surface area contributed by atoms with Gasteiger partial charge < -0.3 is 4.84 Å². The Kier molecular flexibility index (Phi) is 3.54. The summed E-state index contributed by atoms with van der Waals surface area (Å²) in [6.45, 7) is 1.14. The zero-order chi connectivity index (χ0) is 12.1. The van der Waals surface area contributed by atoms with Crippen molar-refractivity contribution in [2.75, 3.05) is 0 Å². The van der Waals surface area contributed by atoms with Crippen LogP contribution in [-0.2, 0) is 9.63 Å². The van der Waals surface area contributed by atoms with Gasteiger partial charge in [0.1, 0.15) is 0 Å². The highest BCUT2D eigenvalue weighted by Crippen LogP contribution is 2.11. The second kappa shape index (κ2) is 4.87. The van der Waals surface area contributed by atoms with Gasteiger partial charge in [-0.3, -0.25) is 19.7 Å². The van der Waals surface area contributed by atoms with Crippen LogP contribution >= 0.6 is 0 Å². The van der Waals surface area contributed by atoms with E-state index in [-0.39, 0.29) is 11.3 Å². The predicted molar refractivity (Wildman–Crippen MR) is 52.3 cm³/mol. The lowest BCUT2D eigenvalue weighted by Gasteiger charge is -2.02. The molecule has 0 radical (unpaired) electrons. The number of carbonyl (C=O) groups excluding carboxylic acids is 2. The van der Waals surface area contributed by atoms with E-state index in [1.165, 1.54) is 24.3 Å². The Balaban J connectivity index is 2.70. The molecule has 0 bridgehead atoms. The number of benzene rings is 1. The Morgan fingerprint density at radius 3 is 2.31 bits per heavy atom. The summed E-state index contributed by atoms with van der Waals surface area (Å²) in [6, 6.07) is 4.89. The maximum atomic E-state index is 11.3. The van der Waals surface area contributed by atoms with Crippen LogP contribution in [-0.4, -0.2) is 16.8 Å². The molecule has 1 N–H and O–H groups in total. The number of rotatable bonds is 2. The van der Waals surface area contributed by atoms with Crippen molar-refractivity contribution >= 4 is 17.6 Å². The quantitative estimate of drug-likeness (QED) is 0.591. The van der Waals surface area contributed by atoms with Crippen LogP contribution in [0, 0.1) is 10.1 Å². The Hall–Kier alpha value is -2.44. The first-order chi connectivity index (χ1) is 7.50. The number of hydroxylamine groups is 1. The molecule has 0 fully saturated rings. The molecule has 0 unspecified atom stereocenters. The van der Waals surface area contributed by atoms with Crippen LogP contribution in [0.5, 0.6) is 0 Å². The summed E-state index contributed by atoms with van der Waals surface area (Å²) < 4.78 is 0. The Labute approximate surface area is 90.1 Å². The molecule has 0 aliphatic heterocycles. The third-order valence-corrected chi connectivity index (χ3v) is 1.63. The molecule has 7 nitrogen and oxygen atoms in total. The third kappa shape index (κ3) is 3.05. The molecule has 7 heteroatoms. The summed E-state index contributed by atoms with van der Waals surface area (Å²) in [5.41, 5.74) is 1.93. The highest BCUT2D eigenvalue weighted by molar-refractivity contribution is 5.94. The fraction of sp³-hybridized carbons (Fsp3) is 0.111. The van der Waals surface area contributed by atoms with Gasteiger partial charge in [-0.05, 0) is 12.1 Å². The summed E-state index contributed by atoms with van der Waals surface area (Å²) in [7, 11) is 0. The minimum atomic E-state index is -0.657. The molecule has 0 spiro atoms. The minimum absolute atomic E-state index is 0.121. The molecule has 0 aromatic heterocycles. The van der Waals surface area contributed by atoms with Crippen molar-refractivity contribution in [2.24, 2.45) is 0 Å². The van der Waals surface area contributed by atoms with Gasteiger partial charge in [0, 0.05) is 24.6 Å². The zero-order valence-corrected chi connectivity index (χ0v) is 8.30. The molecule has 1 aromatic carbocycles. The SMILES string of the molecule is CC(=O)ONC(=O)c1ccc([N+](=O)[O-])cc1. The van der Waals surface area contributed by atoms with E-state index in [4.69, 9.17) is 0 Å². The number of carbonyl (C=O) groups is 2. The van der Waals surface area contributed by atoms with Gasteiger partial charge in [0.25, 0.3) is 11.6 Å². The van der Waals surface area contributed by atoms with E-state index in [9.17, 15) is 19.7 Å². The van der Waals surface area contributed by atoms with E-state index in [2.05, 4.69) is 4.84 Å². The molecule has 1 amide bonds. The first-order valence-corrected chi connectivity index (χ1v) is 4.23. The molecule has 0 atom stereocenters. The predicted octanol–water partition coefficient (Wildman–Crippen LogP) is 0.803. The molecule has 1 rings (SSSR count). The van der Waals surface area contributed by atoms with Gasteiger partial charge in [0.2, 0.25) is 0 Å². The van der Waals surface area contributed by atoms with Gasteiger partial charge in [-0.1, -0.05) is 0 Å². The summed E-state index contributed by atoms with van der Waals surface area (Å²) >= 11 is 0. The van der Waals surface area contributed by atoms with Gasteiger partial charge >= 0.3 is 5.97 Å². The summed E-state index contributed by atoms with van der Waals surface area (Å²) in [5.74, 6) is -1.31. The van der Waals surface area contributed by atoms with Crippen LogP contribution in [0.25, 0.3) is 0 Å². The third-order valence-electron chi connectivity index (χ3n) is 1.63. The van der Waals surface area contributed by atoms with Crippen LogP contribution < -0.4 is 5.48 Å². The van der Waals surface area contributed by atoms with Crippen molar-refractivity contribution in [1.82, 2.24) is 5.48 Å². The summed E-state index contributed by atoms with van der Waals surface area (Å²) in [4.78, 5) is 35.7. The molecule has 0 aliphatic carbocycles. The van der Waals surface area contributed by atoms with Gasteiger partial charge in [0.05, 0.1) is 4.92 Å². The van der Waals surface area contributed by atoms with Gasteiger partial charge in [-0.2, -0.15) is 5.48 Å². The second-order valence-electron chi connectivity index (χ2n) is 2.83. The average molecular weight is 224 g/mol. The number of nitrogens with zero attached hydrogens (tertiary/aromatic N) is 1. The number of non-ortho nitro benzene ring substituents is 1. The normalized spacial score (nSPS) is 9.31. The largest absolute Gasteiger partial charge is 0.341 e. The van der Waals surface area contributed by atoms with Crippen molar-refractivity contribution in [3.8, 4) is 0 Å². The van der Waals surface area contributed by atoms with Crippen molar-refractivity contribution in [3.63, 3.8) is 0 Å². The molecule has 0 saturated heterocycles. The summed E-state index contributed by atoms with van der Waals surface area (Å²) in [5, 5.41) is 10.3. The van der Waals surface area contributed by atoms with Gasteiger partial charge in [-0.15, -0.1) is 0 Å². The van der Waals surface area contributed by atoms with Crippen molar-refractivity contribution < 1.29 is 19.3 Å². The molecular weight excluding hydrogens is 216 g/mol. The molecule has 84 valence electrons. The standard InChI is InChI=1S/C9H8N2O5/c1-6(12)16-10-9(13)7-2-4-8(5-3-7)11(14)15/h2-5H,1H3,(H,10,13). The highest BCUT2D eigenvalue weighted by atomic mass is 16.7. The topological polar surface area (TPSA) is 98.5 Å². The van der Waals surface area contributed by atoms with E-state index < -0.39 is 16.8 Å². The Morgan fingerprint density at radius 2 is 1.88 bits per heavy atom. The first-order valence-electron chi connectivity index (χ1n) is 4.23. The maximum absolute atomic E-state index is 11.3. The van der Waals surface area contributed by atoms with E-state index >= 15 is 0 Å². The molecule has 0 heterocycles. The van der Waals surface area contributed by atoms with Crippen LogP contribution in [0.15, 0.2) is 24.3 Å². The first kappa shape index (κ1) is 11.6. The Bertz CT molecular complexity index is 426. The van der Waals surface area contributed by atoms with Gasteiger partial charge in [-0.25, -0.2) is 0 Å². The van der Waals surface area contributed by atoms with Gasteiger partial charge in [0.15, 0.2) is 0 Å². The van der Waals surface area contributed by atoms with Crippen molar-refractivity contribution in [3.05, 3.63) is 39.9 Å². The van der Waals surface area contributed by atoms with Crippen LogP contribution in [0.3, 0.4) is 0 Å². The fourth-order valence-corrected chi connectivity index (χ4v) is 0.912. The molecular formula is C9H8N2O5. The van der Waals surface area contributed by atoms with Crippen LogP contribution in [0.1, 0.15) is 17.3 Å². The van der Waals surface area contributed by atoms with Crippen molar-refractivity contribution in [2.45, 2.75) is 6.92 Å². The Morgan fingerprint density at radius 1 is 1.31 bits per heavy atom. The van der Waals surface area contributed by atoms with Crippen LogP contribution in [0.4, 0.5) is 5.69 Å². The number of nitro groups is 1. The lowest BCUT2D eigenvalue weighted by Crippen LogP contribution is -2.25. The van der Waals surface area contributed by atoms with E-state index in [0.717, 1.165) is 6.92 Å². The van der Waals surface area contributed by atoms with E-state index in [1.54, 1.807) is 0 Å². The smallest absolute Gasteiger partial charge is 0.329 e. The zero-order valence-electron chi connectivity index (χ0n) is 8.30. The number of nitro benzene ring substituents is 1. The van der Waals surface area contributed by atoms with E-state index in [0.29, 0.717) is 0 Å². The molecule has 1 aromatic rings. The number of hydrogen-bond donors (Lipinski definition) is 1. The molecule has 0 saturated carbocycles. The lowest BCUT2D eigenvalue weighted by molar-refractivity contribution is -0.384. The second-order valence-corrected chi connectivity index (χ2v) is 2.83. The number of amides is 1. The van der Waals surface area contributed by atoms with Crippen molar-refractivity contribution in [1.29, 1.82) is 0 Å². The highest BCUT2D eigenvalue weighted by Gasteiger charge is 2.09. The minimum Gasteiger partial charge on any atom is -0.341 e. The summed E-state index contributed by atoms with van der Waals surface area (Å²) in [6.07, 6.45) is 0. The fourth-order valence-electron chi connectivity index (χ4n) is 0.912. The monoisotopic (exact) mass is 224 g/mol.